The third kappa shape index (κ3) is 1.08. The molecule has 0 aliphatic rings. The maximum Gasteiger partial charge on any atom is 0.311 e. The zero-order valence-corrected chi connectivity index (χ0v) is 7.60. The quantitative estimate of drug-likeness (QED) is 0.610. The molecule has 6 nitrogen and oxygen atoms in total. The van der Waals surface area contributed by atoms with Gasteiger partial charge in [0.1, 0.15) is 12.4 Å². The summed E-state index contributed by atoms with van der Waals surface area (Å²) in [5.74, 6) is 0.744. The maximum atomic E-state index is 8.88. The van der Waals surface area contributed by atoms with Crippen LogP contribution in [0.1, 0.15) is 5.76 Å². The van der Waals surface area contributed by atoms with Crippen molar-refractivity contribution < 1.29 is 13.9 Å². The van der Waals surface area contributed by atoms with Crippen molar-refractivity contribution in [1.29, 1.82) is 5.41 Å². The minimum Gasteiger partial charge on any atom is -0.439 e. The van der Waals surface area contributed by atoms with Gasteiger partial charge in [-0.25, -0.2) is 4.40 Å². The molecular formula is C9H7N3O3. The number of nitrogens with zero attached hydrogens (tertiary/aromatic N) is 2. The Kier molecular flexibility index (Phi) is 1.49. The normalized spacial score (nSPS) is 11.5. The lowest BCUT2D eigenvalue weighted by Crippen LogP contribution is -2.05. The third-order valence-corrected chi connectivity index (χ3v) is 2.11. The molecule has 0 spiro atoms. The number of hydrogen-bond donors (Lipinski definition) is 2. The molecule has 0 radical (unpaired) electrons. The lowest BCUT2D eigenvalue weighted by Gasteiger charge is -1.89. The van der Waals surface area contributed by atoms with Crippen LogP contribution in [-0.2, 0) is 6.61 Å². The molecule has 15 heavy (non-hydrogen) atoms. The van der Waals surface area contributed by atoms with Gasteiger partial charge in [0.15, 0.2) is 11.1 Å². The van der Waals surface area contributed by atoms with Crippen molar-refractivity contribution in [3.8, 4) is 0 Å². The average molecular weight is 205 g/mol. The maximum absolute atomic E-state index is 8.88. The molecule has 3 aromatic heterocycles. The van der Waals surface area contributed by atoms with Crippen LogP contribution < -0.4 is 5.49 Å². The molecule has 76 valence electrons. The minimum absolute atomic E-state index is 0.133. The van der Waals surface area contributed by atoms with Gasteiger partial charge in [-0.1, -0.05) is 0 Å². The van der Waals surface area contributed by atoms with E-state index in [1.807, 2.05) is 0 Å². The van der Waals surface area contributed by atoms with E-state index in [-0.39, 0.29) is 12.1 Å². The van der Waals surface area contributed by atoms with Gasteiger partial charge in [0.05, 0.1) is 0 Å². The summed E-state index contributed by atoms with van der Waals surface area (Å²) < 4.78 is 12.3. The number of aliphatic hydroxyl groups excluding tert-OH is 1. The Morgan fingerprint density at radius 1 is 1.47 bits per heavy atom. The second-order valence-corrected chi connectivity index (χ2v) is 3.11. The second kappa shape index (κ2) is 2.71. The van der Waals surface area contributed by atoms with Gasteiger partial charge < -0.3 is 13.9 Å². The van der Waals surface area contributed by atoms with Crippen LogP contribution in [0.3, 0.4) is 0 Å². The van der Waals surface area contributed by atoms with E-state index in [1.165, 1.54) is 6.07 Å². The van der Waals surface area contributed by atoms with Gasteiger partial charge in [-0.3, -0.25) is 5.41 Å². The van der Waals surface area contributed by atoms with E-state index in [9.17, 15) is 0 Å². The first-order valence-corrected chi connectivity index (χ1v) is 4.34. The lowest BCUT2D eigenvalue weighted by atomic mass is 10.5. The van der Waals surface area contributed by atoms with E-state index in [0.29, 0.717) is 22.9 Å². The van der Waals surface area contributed by atoms with Crippen molar-refractivity contribution in [2.75, 3.05) is 0 Å². The molecule has 6 heteroatoms. The summed E-state index contributed by atoms with van der Waals surface area (Å²) in [6, 6.07) is 3.14. The van der Waals surface area contributed by atoms with E-state index in [4.69, 9.17) is 19.4 Å². The first kappa shape index (κ1) is 8.25. The van der Waals surface area contributed by atoms with E-state index in [0.717, 1.165) is 0 Å². The highest BCUT2D eigenvalue weighted by atomic mass is 16.4. The molecule has 0 aliphatic heterocycles. The highest BCUT2D eigenvalue weighted by molar-refractivity contribution is 5.70. The number of rotatable bonds is 1. The summed E-state index contributed by atoms with van der Waals surface area (Å²) in [4.78, 5) is 3.88. The van der Waals surface area contributed by atoms with Crippen LogP contribution in [-0.4, -0.2) is 14.5 Å². The van der Waals surface area contributed by atoms with Crippen molar-refractivity contribution in [1.82, 2.24) is 9.38 Å². The topological polar surface area (TPSA) is 87.7 Å². The van der Waals surface area contributed by atoms with Crippen LogP contribution in [0.5, 0.6) is 0 Å². The molecule has 3 heterocycles. The van der Waals surface area contributed by atoms with E-state index in [1.54, 1.807) is 16.7 Å². The van der Waals surface area contributed by atoms with Crippen molar-refractivity contribution in [3.05, 3.63) is 29.6 Å². The van der Waals surface area contributed by atoms with Gasteiger partial charge >= 0.3 is 5.84 Å². The van der Waals surface area contributed by atoms with Gasteiger partial charge in [-0.05, 0) is 6.07 Å². The average Bonchev–Trinajstić information content (AvgIpc) is 2.73. The first-order chi connectivity index (χ1) is 7.28. The lowest BCUT2D eigenvalue weighted by molar-refractivity contribution is 0.250. The van der Waals surface area contributed by atoms with Crippen LogP contribution in [0.4, 0.5) is 0 Å². The number of hydrogen-bond acceptors (Lipinski definition) is 5. The number of nitrogens with one attached hydrogen (secondary N) is 1. The number of aliphatic hydroxyl groups is 1. The summed E-state index contributed by atoms with van der Waals surface area (Å²) in [7, 11) is 0. The largest absolute Gasteiger partial charge is 0.439 e. The van der Waals surface area contributed by atoms with Gasteiger partial charge in [0, 0.05) is 12.3 Å². The summed E-state index contributed by atoms with van der Waals surface area (Å²) in [6.07, 6.45) is 1.64. The molecule has 0 aromatic carbocycles. The predicted octanol–water partition coefficient (Wildman–Crippen LogP) is 0.645. The Balaban J connectivity index is 2.45. The molecule has 0 amide bonds. The fourth-order valence-corrected chi connectivity index (χ4v) is 1.46. The molecular weight excluding hydrogens is 198 g/mol. The number of fused-ring (bicyclic) bond motifs is 3. The van der Waals surface area contributed by atoms with E-state index < -0.39 is 0 Å². The fourth-order valence-electron chi connectivity index (χ4n) is 1.46. The molecule has 0 saturated heterocycles. The summed E-state index contributed by atoms with van der Waals surface area (Å²) in [6.45, 7) is -0.170. The van der Waals surface area contributed by atoms with Gasteiger partial charge in [-0.2, -0.15) is 4.98 Å². The number of aromatic nitrogens is 2. The van der Waals surface area contributed by atoms with Crippen molar-refractivity contribution in [2.45, 2.75) is 6.61 Å². The van der Waals surface area contributed by atoms with Gasteiger partial charge in [-0.15, -0.1) is 0 Å². The van der Waals surface area contributed by atoms with Crippen LogP contribution in [0, 0.1) is 5.41 Å². The van der Waals surface area contributed by atoms with Gasteiger partial charge in [0.2, 0.25) is 0 Å². The molecule has 0 unspecified atom stereocenters. The fraction of sp³-hybridized carbons (Fsp3) is 0.111. The summed E-state index contributed by atoms with van der Waals surface area (Å²) >= 11 is 0. The van der Waals surface area contributed by atoms with Crippen LogP contribution in [0.2, 0.25) is 0 Å². The zero-order valence-electron chi connectivity index (χ0n) is 7.60. The highest BCUT2D eigenvalue weighted by Crippen LogP contribution is 2.22. The molecule has 0 bridgehead atoms. The first-order valence-electron chi connectivity index (χ1n) is 4.34. The third-order valence-electron chi connectivity index (χ3n) is 2.11. The standard InChI is InChI=1S/C9H7N3O3/c10-7-1-2-12-8-6(15-9(12)11-7)3-5(4-13)14-8/h1-3,10,13H,4H2. The Morgan fingerprint density at radius 3 is 3.13 bits per heavy atom. The molecule has 0 saturated carbocycles. The summed E-state index contributed by atoms with van der Waals surface area (Å²) in [5, 5.41) is 16.2. The molecule has 0 aliphatic carbocycles. The molecule has 0 atom stereocenters. The van der Waals surface area contributed by atoms with E-state index >= 15 is 0 Å². The van der Waals surface area contributed by atoms with Crippen LogP contribution in [0.15, 0.2) is 27.2 Å². The molecule has 3 aromatic rings. The summed E-state index contributed by atoms with van der Waals surface area (Å²) in [5.41, 5.74) is 1.13. The van der Waals surface area contributed by atoms with E-state index in [2.05, 4.69) is 4.98 Å². The van der Waals surface area contributed by atoms with Crippen molar-refractivity contribution in [3.63, 3.8) is 0 Å². The second-order valence-electron chi connectivity index (χ2n) is 3.11. The van der Waals surface area contributed by atoms with Gasteiger partial charge in [0.25, 0.3) is 5.71 Å². The SMILES string of the molecule is N=c1ccn2c(n1)oc1cc(CO)oc12. The Morgan fingerprint density at radius 2 is 2.33 bits per heavy atom. The Bertz CT molecular complexity index is 691. The minimum atomic E-state index is -0.170. The number of furan rings is 1. The Labute approximate surface area is 82.9 Å². The molecule has 2 N–H and O–H groups in total. The smallest absolute Gasteiger partial charge is 0.311 e. The molecule has 0 fully saturated rings. The monoisotopic (exact) mass is 205 g/mol. The zero-order chi connectivity index (χ0) is 10.4. The predicted molar refractivity (Wildman–Crippen MR) is 49.0 cm³/mol. The highest BCUT2D eigenvalue weighted by Gasteiger charge is 2.11. The van der Waals surface area contributed by atoms with Crippen molar-refractivity contribution in [2.24, 2.45) is 0 Å². The van der Waals surface area contributed by atoms with Crippen molar-refractivity contribution >= 4 is 17.1 Å². The molecule has 3 rings (SSSR count). The van der Waals surface area contributed by atoms with Crippen LogP contribution >= 0.6 is 0 Å². The Hall–Kier alpha value is -2.08. The van der Waals surface area contributed by atoms with Crippen LogP contribution in [0.25, 0.3) is 17.1 Å². The number of oxazole rings is 1.